The number of amides is 2. The molecule has 7 heteroatoms. The molecule has 1 aliphatic rings. The molecule has 6 rings (SSSR count). The highest BCUT2D eigenvalue weighted by Gasteiger charge is 2.45. The van der Waals surface area contributed by atoms with Crippen molar-refractivity contribution in [3.63, 3.8) is 0 Å². The molecule has 0 unspecified atom stereocenters. The normalized spacial score (nSPS) is 13.7. The van der Waals surface area contributed by atoms with Crippen LogP contribution in [0.1, 0.15) is 44.7 Å². The van der Waals surface area contributed by atoms with Gasteiger partial charge in [0.2, 0.25) is 0 Å². The van der Waals surface area contributed by atoms with Crippen molar-refractivity contribution < 1.29 is 22.8 Å². The third-order valence-corrected chi connectivity index (χ3v) is 7.54. The van der Waals surface area contributed by atoms with E-state index in [4.69, 9.17) is 4.42 Å². The summed E-state index contributed by atoms with van der Waals surface area (Å²) in [6, 6.07) is 23.2. The minimum Gasteiger partial charge on any atom is -0.455 e. The summed E-state index contributed by atoms with van der Waals surface area (Å²) in [5.41, 5.74) is 3.68. The average molecular weight is 537 g/mol. The van der Waals surface area contributed by atoms with Gasteiger partial charge in [0.05, 0.1) is 11.1 Å². The van der Waals surface area contributed by atoms with Crippen LogP contribution in [0.5, 0.6) is 0 Å². The summed E-state index contributed by atoms with van der Waals surface area (Å²) in [5.74, 6) is -1.29. The predicted molar refractivity (Wildman–Crippen MR) is 150 cm³/mol. The van der Waals surface area contributed by atoms with Crippen LogP contribution in [0.2, 0.25) is 0 Å². The Labute approximate surface area is 229 Å². The van der Waals surface area contributed by atoms with E-state index in [0.29, 0.717) is 33.2 Å². The number of fused-ring (bicyclic) bond motifs is 1. The molecule has 40 heavy (non-hydrogen) atoms. The molecular formula is C33H26F2N2O3. The van der Waals surface area contributed by atoms with Crippen molar-refractivity contribution in [1.29, 1.82) is 0 Å². The molecule has 0 saturated heterocycles. The Balaban J connectivity index is 1.42. The van der Waals surface area contributed by atoms with Crippen molar-refractivity contribution in [2.75, 3.05) is 7.05 Å². The van der Waals surface area contributed by atoms with Crippen molar-refractivity contribution in [2.45, 2.75) is 25.3 Å². The number of furan rings is 1. The molecule has 200 valence electrons. The molecule has 2 amide bonds. The maximum absolute atomic E-state index is 15.3. The molecule has 1 saturated carbocycles. The molecule has 1 fully saturated rings. The van der Waals surface area contributed by atoms with Gasteiger partial charge in [0.25, 0.3) is 11.8 Å². The molecule has 0 radical (unpaired) electrons. The van der Waals surface area contributed by atoms with Gasteiger partial charge in [0, 0.05) is 29.1 Å². The SMILES string of the molecule is CNC(=O)c1c(-c2ccc(F)cc2)oc2cc(C)c(-c3cc(C(=O)NC4(c5ccccc5)CC4)ccc3F)cc12. The Morgan fingerprint density at radius 1 is 0.850 bits per heavy atom. The predicted octanol–water partition coefficient (Wildman–Crippen LogP) is 7.13. The van der Waals surface area contributed by atoms with Crippen molar-refractivity contribution in [3.8, 4) is 22.5 Å². The van der Waals surface area contributed by atoms with Crippen molar-refractivity contribution in [3.05, 3.63) is 119 Å². The van der Waals surface area contributed by atoms with E-state index < -0.39 is 23.1 Å². The first-order chi connectivity index (χ1) is 19.3. The number of benzene rings is 4. The Bertz CT molecular complexity index is 1770. The number of nitrogens with one attached hydrogen (secondary N) is 2. The summed E-state index contributed by atoms with van der Waals surface area (Å²) in [4.78, 5) is 26.3. The lowest BCUT2D eigenvalue weighted by molar-refractivity contribution is 0.0929. The number of carbonyl (C=O) groups is 2. The summed E-state index contributed by atoms with van der Waals surface area (Å²) in [5, 5.41) is 6.26. The largest absolute Gasteiger partial charge is 0.455 e. The lowest BCUT2D eigenvalue weighted by atomic mass is 9.94. The Morgan fingerprint density at radius 3 is 2.25 bits per heavy atom. The number of hydrogen-bond donors (Lipinski definition) is 2. The molecule has 2 N–H and O–H groups in total. The first-order valence-corrected chi connectivity index (χ1v) is 13.0. The van der Waals surface area contributed by atoms with Gasteiger partial charge in [-0.05, 0) is 91.1 Å². The molecule has 0 bridgehead atoms. The second-order valence-corrected chi connectivity index (χ2v) is 10.2. The molecule has 1 aliphatic carbocycles. The molecule has 5 nitrogen and oxygen atoms in total. The zero-order valence-corrected chi connectivity index (χ0v) is 22.0. The number of halogens is 2. The van der Waals surface area contributed by atoms with Gasteiger partial charge in [0.15, 0.2) is 0 Å². The van der Waals surface area contributed by atoms with Crippen LogP contribution < -0.4 is 10.6 Å². The first kappa shape index (κ1) is 25.5. The maximum atomic E-state index is 15.3. The standard InChI is InChI=1S/C33H26F2N2O3/c1-19-16-28-26(29(32(39)36-2)30(40-28)20-8-11-23(34)12-9-20)18-24(19)25-17-21(10-13-27(25)35)31(38)37-33(14-15-33)22-6-4-3-5-7-22/h3-13,16-18H,14-15H2,1-2H3,(H,36,39)(H,37,38). The lowest BCUT2D eigenvalue weighted by Crippen LogP contribution is -2.34. The highest BCUT2D eigenvalue weighted by atomic mass is 19.1. The van der Waals surface area contributed by atoms with Gasteiger partial charge in [0.1, 0.15) is 23.0 Å². The van der Waals surface area contributed by atoms with Crippen molar-refractivity contribution in [1.82, 2.24) is 10.6 Å². The van der Waals surface area contributed by atoms with Crippen LogP contribution in [-0.4, -0.2) is 18.9 Å². The lowest BCUT2D eigenvalue weighted by Gasteiger charge is -2.18. The molecule has 0 spiro atoms. The molecule has 4 aromatic carbocycles. The minimum atomic E-state index is -0.494. The quantitative estimate of drug-likeness (QED) is 0.243. The zero-order valence-electron chi connectivity index (χ0n) is 22.0. The van der Waals surface area contributed by atoms with E-state index >= 15 is 4.39 Å². The van der Waals surface area contributed by atoms with Gasteiger partial charge < -0.3 is 15.1 Å². The van der Waals surface area contributed by atoms with Gasteiger partial charge in [-0.15, -0.1) is 0 Å². The van der Waals surface area contributed by atoms with E-state index in [9.17, 15) is 14.0 Å². The van der Waals surface area contributed by atoms with Crippen LogP contribution in [0.3, 0.4) is 0 Å². The van der Waals surface area contributed by atoms with E-state index in [1.54, 1.807) is 18.2 Å². The van der Waals surface area contributed by atoms with E-state index in [2.05, 4.69) is 10.6 Å². The molecule has 0 atom stereocenters. The highest BCUT2D eigenvalue weighted by Crippen LogP contribution is 2.45. The zero-order chi connectivity index (χ0) is 28.0. The van der Waals surface area contributed by atoms with Crippen LogP contribution in [0, 0.1) is 18.6 Å². The Morgan fingerprint density at radius 2 is 1.57 bits per heavy atom. The number of rotatable bonds is 6. The van der Waals surface area contributed by atoms with E-state index in [1.807, 2.05) is 37.3 Å². The topological polar surface area (TPSA) is 71.3 Å². The van der Waals surface area contributed by atoms with E-state index in [1.165, 1.54) is 43.4 Å². The van der Waals surface area contributed by atoms with Crippen LogP contribution in [0.4, 0.5) is 8.78 Å². The smallest absolute Gasteiger partial charge is 0.255 e. The summed E-state index contributed by atoms with van der Waals surface area (Å²) >= 11 is 0. The van der Waals surface area contributed by atoms with Crippen molar-refractivity contribution >= 4 is 22.8 Å². The van der Waals surface area contributed by atoms with Crippen LogP contribution >= 0.6 is 0 Å². The Kier molecular flexibility index (Phi) is 6.22. The summed E-state index contributed by atoms with van der Waals surface area (Å²) in [6.07, 6.45) is 1.68. The molecule has 1 heterocycles. The van der Waals surface area contributed by atoms with Gasteiger partial charge >= 0.3 is 0 Å². The average Bonchev–Trinajstić information content (AvgIpc) is 3.66. The second kappa shape index (κ2) is 9.75. The molecule has 1 aromatic heterocycles. The highest BCUT2D eigenvalue weighted by molar-refractivity contribution is 6.12. The maximum Gasteiger partial charge on any atom is 0.255 e. The second-order valence-electron chi connectivity index (χ2n) is 10.2. The number of aryl methyl sites for hydroxylation is 1. The van der Waals surface area contributed by atoms with Gasteiger partial charge in [-0.3, -0.25) is 9.59 Å². The summed E-state index contributed by atoms with van der Waals surface area (Å²) in [7, 11) is 1.51. The fraction of sp³-hybridized carbons (Fsp3) is 0.152. The number of hydrogen-bond acceptors (Lipinski definition) is 3. The van der Waals surface area contributed by atoms with Crippen molar-refractivity contribution in [2.24, 2.45) is 0 Å². The summed E-state index contributed by atoms with van der Waals surface area (Å²) in [6.45, 7) is 1.81. The third kappa shape index (κ3) is 4.43. The summed E-state index contributed by atoms with van der Waals surface area (Å²) < 4.78 is 34.9. The monoisotopic (exact) mass is 536 g/mol. The molecular weight excluding hydrogens is 510 g/mol. The minimum absolute atomic E-state index is 0.240. The first-order valence-electron chi connectivity index (χ1n) is 13.0. The van der Waals surface area contributed by atoms with E-state index in [-0.39, 0.29) is 22.8 Å². The van der Waals surface area contributed by atoms with Crippen LogP contribution in [-0.2, 0) is 5.54 Å². The third-order valence-electron chi connectivity index (χ3n) is 7.54. The van der Waals surface area contributed by atoms with E-state index in [0.717, 1.165) is 18.4 Å². The van der Waals surface area contributed by atoms with Gasteiger partial charge in [-0.25, -0.2) is 8.78 Å². The molecule has 0 aliphatic heterocycles. The number of carbonyl (C=O) groups excluding carboxylic acids is 2. The van der Waals surface area contributed by atoms with Crippen LogP contribution in [0.25, 0.3) is 33.4 Å². The Hall–Kier alpha value is -4.78. The van der Waals surface area contributed by atoms with Gasteiger partial charge in [-0.1, -0.05) is 30.3 Å². The molecule has 5 aromatic rings. The fourth-order valence-electron chi connectivity index (χ4n) is 5.22. The fourth-order valence-corrected chi connectivity index (χ4v) is 5.22. The van der Waals surface area contributed by atoms with Crippen LogP contribution in [0.15, 0.2) is 89.3 Å². The van der Waals surface area contributed by atoms with Gasteiger partial charge in [-0.2, -0.15) is 0 Å².